The van der Waals surface area contributed by atoms with Gasteiger partial charge in [-0.3, -0.25) is 4.79 Å². The van der Waals surface area contributed by atoms with Crippen LogP contribution in [0.5, 0.6) is 5.75 Å². The Morgan fingerprint density at radius 1 is 1.17 bits per heavy atom. The molecule has 2 aromatic carbocycles. The summed E-state index contributed by atoms with van der Waals surface area (Å²) >= 11 is 6.12. The van der Waals surface area contributed by atoms with E-state index in [9.17, 15) is 10.1 Å². The fourth-order valence-corrected chi connectivity index (χ4v) is 3.10. The second-order valence-electron chi connectivity index (χ2n) is 7.03. The highest BCUT2D eigenvalue weighted by atomic mass is 35.5. The van der Waals surface area contributed by atoms with Crippen LogP contribution < -0.4 is 10.1 Å². The molecular formula is C24H27ClN2O2. The third kappa shape index (κ3) is 6.96. The SMILES string of the molecule is CCCCCCOc1ccc(Cl)cc1/C=C(\C#N)C(=O)Nc1ccc(C)cc1C. The number of nitrogens with zero attached hydrogens (tertiary/aromatic N) is 1. The molecule has 0 aliphatic heterocycles. The van der Waals surface area contributed by atoms with Crippen molar-refractivity contribution in [1.82, 2.24) is 0 Å². The Morgan fingerprint density at radius 3 is 2.66 bits per heavy atom. The molecule has 0 radical (unpaired) electrons. The van der Waals surface area contributed by atoms with Gasteiger partial charge >= 0.3 is 0 Å². The van der Waals surface area contributed by atoms with E-state index in [1.165, 1.54) is 12.5 Å². The lowest BCUT2D eigenvalue weighted by Gasteiger charge is -2.11. The standard InChI is InChI=1S/C24H27ClN2O2/c1-4-5-6-7-12-29-23-11-9-21(25)15-19(23)14-20(16-26)24(28)27-22-10-8-17(2)13-18(22)3/h8-11,13-15H,4-7,12H2,1-3H3,(H,27,28)/b20-14+. The van der Waals surface area contributed by atoms with Crippen molar-refractivity contribution in [2.45, 2.75) is 46.5 Å². The first-order valence-electron chi connectivity index (χ1n) is 9.87. The van der Waals surface area contributed by atoms with Crippen molar-refractivity contribution >= 4 is 29.3 Å². The van der Waals surface area contributed by atoms with Crippen molar-refractivity contribution in [3.8, 4) is 11.8 Å². The number of aryl methyl sites for hydroxylation is 2. The highest BCUT2D eigenvalue weighted by Gasteiger charge is 2.13. The van der Waals surface area contributed by atoms with E-state index in [4.69, 9.17) is 16.3 Å². The largest absolute Gasteiger partial charge is 0.493 e. The van der Waals surface area contributed by atoms with Gasteiger partial charge in [-0.05, 0) is 56.2 Å². The fraction of sp³-hybridized carbons (Fsp3) is 0.333. The molecule has 0 saturated carbocycles. The molecule has 29 heavy (non-hydrogen) atoms. The lowest BCUT2D eigenvalue weighted by molar-refractivity contribution is -0.112. The van der Waals surface area contributed by atoms with E-state index in [0.29, 0.717) is 28.6 Å². The molecule has 0 bridgehead atoms. The fourth-order valence-electron chi connectivity index (χ4n) is 2.92. The summed E-state index contributed by atoms with van der Waals surface area (Å²) < 4.78 is 5.87. The number of carbonyl (C=O) groups excluding carboxylic acids is 1. The number of unbranched alkanes of at least 4 members (excludes halogenated alkanes) is 3. The summed E-state index contributed by atoms with van der Waals surface area (Å²) in [6, 6.07) is 12.9. The molecule has 0 aliphatic carbocycles. The van der Waals surface area contributed by atoms with Crippen LogP contribution in [0.3, 0.4) is 0 Å². The molecule has 4 nitrogen and oxygen atoms in total. The Labute approximate surface area is 178 Å². The van der Waals surface area contributed by atoms with Crippen molar-refractivity contribution in [1.29, 1.82) is 5.26 Å². The number of nitriles is 1. The first-order valence-corrected chi connectivity index (χ1v) is 10.2. The van der Waals surface area contributed by atoms with Crippen molar-refractivity contribution in [3.05, 3.63) is 63.7 Å². The van der Waals surface area contributed by atoms with E-state index < -0.39 is 5.91 Å². The number of anilines is 1. The molecule has 0 aromatic heterocycles. The average molecular weight is 411 g/mol. The Bertz CT molecular complexity index is 929. The van der Waals surface area contributed by atoms with Crippen LogP contribution in [0.1, 0.15) is 49.3 Å². The van der Waals surface area contributed by atoms with Gasteiger partial charge in [0.15, 0.2) is 0 Å². The highest BCUT2D eigenvalue weighted by Crippen LogP contribution is 2.26. The lowest BCUT2D eigenvalue weighted by Crippen LogP contribution is -2.14. The zero-order valence-electron chi connectivity index (χ0n) is 17.2. The van der Waals surface area contributed by atoms with Crippen molar-refractivity contribution in [2.24, 2.45) is 0 Å². The van der Waals surface area contributed by atoms with E-state index in [1.54, 1.807) is 18.2 Å². The van der Waals surface area contributed by atoms with E-state index in [-0.39, 0.29) is 5.57 Å². The molecule has 1 amide bonds. The second kappa shape index (κ2) is 11.3. The maximum atomic E-state index is 12.6. The molecule has 152 valence electrons. The van der Waals surface area contributed by atoms with Gasteiger partial charge in [-0.2, -0.15) is 5.26 Å². The minimum Gasteiger partial charge on any atom is -0.493 e. The summed E-state index contributed by atoms with van der Waals surface area (Å²) in [6.45, 7) is 6.65. The van der Waals surface area contributed by atoms with Crippen molar-refractivity contribution in [3.63, 3.8) is 0 Å². The monoisotopic (exact) mass is 410 g/mol. The number of benzene rings is 2. The van der Waals surface area contributed by atoms with Gasteiger partial charge in [-0.1, -0.05) is 55.5 Å². The number of rotatable bonds is 9. The van der Waals surface area contributed by atoms with Gasteiger partial charge in [-0.25, -0.2) is 0 Å². The lowest BCUT2D eigenvalue weighted by atomic mass is 10.1. The normalized spacial score (nSPS) is 11.1. The van der Waals surface area contributed by atoms with Crippen LogP contribution in [-0.4, -0.2) is 12.5 Å². The predicted octanol–water partition coefficient (Wildman–Crippen LogP) is 6.46. The Balaban J connectivity index is 2.19. The molecular weight excluding hydrogens is 384 g/mol. The third-order valence-electron chi connectivity index (χ3n) is 4.52. The quantitative estimate of drug-likeness (QED) is 0.293. The number of amides is 1. The zero-order chi connectivity index (χ0) is 21.2. The van der Waals surface area contributed by atoms with Crippen LogP contribution in [0.15, 0.2) is 42.0 Å². The number of hydrogen-bond acceptors (Lipinski definition) is 3. The molecule has 0 atom stereocenters. The number of ether oxygens (including phenoxy) is 1. The van der Waals surface area contributed by atoms with Crippen LogP contribution >= 0.6 is 11.6 Å². The minimum atomic E-state index is -0.465. The number of nitrogens with one attached hydrogen (secondary N) is 1. The predicted molar refractivity (Wildman–Crippen MR) is 119 cm³/mol. The summed E-state index contributed by atoms with van der Waals surface area (Å²) in [4.78, 5) is 12.6. The first kappa shape index (κ1) is 22.5. The first-order chi connectivity index (χ1) is 13.9. The van der Waals surface area contributed by atoms with E-state index in [1.807, 2.05) is 38.1 Å². The number of carbonyl (C=O) groups is 1. The Kier molecular flexibility index (Phi) is 8.76. The van der Waals surface area contributed by atoms with Gasteiger partial charge in [0.05, 0.1) is 6.61 Å². The molecule has 0 heterocycles. The maximum absolute atomic E-state index is 12.6. The molecule has 0 spiro atoms. The van der Waals surface area contributed by atoms with Crippen LogP contribution in [0, 0.1) is 25.2 Å². The zero-order valence-corrected chi connectivity index (χ0v) is 18.0. The average Bonchev–Trinajstić information content (AvgIpc) is 2.69. The summed E-state index contributed by atoms with van der Waals surface area (Å²) in [5, 5.41) is 12.9. The molecule has 0 unspecified atom stereocenters. The highest BCUT2D eigenvalue weighted by molar-refractivity contribution is 6.30. The van der Waals surface area contributed by atoms with Crippen molar-refractivity contribution in [2.75, 3.05) is 11.9 Å². The van der Waals surface area contributed by atoms with Gasteiger partial charge < -0.3 is 10.1 Å². The summed E-state index contributed by atoms with van der Waals surface area (Å²) in [6.07, 6.45) is 5.92. The van der Waals surface area contributed by atoms with Crippen LogP contribution in [0.4, 0.5) is 5.69 Å². The van der Waals surface area contributed by atoms with E-state index >= 15 is 0 Å². The van der Waals surface area contributed by atoms with Crippen LogP contribution in [0.2, 0.25) is 5.02 Å². The smallest absolute Gasteiger partial charge is 0.266 e. The van der Waals surface area contributed by atoms with Gasteiger partial charge in [-0.15, -0.1) is 0 Å². The van der Waals surface area contributed by atoms with Gasteiger partial charge in [0.1, 0.15) is 17.4 Å². The van der Waals surface area contributed by atoms with E-state index in [0.717, 1.165) is 30.4 Å². The maximum Gasteiger partial charge on any atom is 0.266 e. The molecule has 1 N–H and O–H groups in total. The Hall–Kier alpha value is -2.77. The second-order valence-corrected chi connectivity index (χ2v) is 7.47. The molecule has 5 heteroatoms. The summed E-state index contributed by atoms with van der Waals surface area (Å²) in [7, 11) is 0. The molecule has 2 rings (SSSR count). The number of hydrogen-bond donors (Lipinski definition) is 1. The topological polar surface area (TPSA) is 62.1 Å². The van der Waals surface area contributed by atoms with Crippen molar-refractivity contribution < 1.29 is 9.53 Å². The molecule has 0 fully saturated rings. The van der Waals surface area contributed by atoms with Crippen LogP contribution in [0.25, 0.3) is 6.08 Å². The molecule has 0 saturated heterocycles. The van der Waals surface area contributed by atoms with E-state index in [2.05, 4.69) is 12.2 Å². The number of halogens is 1. The van der Waals surface area contributed by atoms with Gasteiger partial charge in [0.25, 0.3) is 5.91 Å². The summed E-state index contributed by atoms with van der Waals surface area (Å²) in [5.41, 5.74) is 3.33. The van der Waals surface area contributed by atoms with Crippen LogP contribution in [-0.2, 0) is 4.79 Å². The summed E-state index contributed by atoms with van der Waals surface area (Å²) in [5.74, 6) is 0.145. The molecule has 2 aromatic rings. The third-order valence-corrected chi connectivity index (χ3v) is 4.76. The Morgan fingerprint density at radius 2 is 1.97 bits per heavy atom. The minimum absolute atomic E-state index is 0.0110. The van der Waals surface area contributed by atoms with Gasteiger partial charge in [0, 0.05) is 16.3 Å². The molecule has 0 aliphatic rings. The van der Waals surface area contributed by atoms with Gasteiger partial charge in [0.2, 0.25) is 0 Å².